The number of benzene rings is 1. The average molecular weight is 261 g/mol. The van der Waals surface area contributed by atoms with Gasteiger partial charge in [0.15, 0.2) is 0 Å². The van der Waals surface area contributed by atoms with E-state index < -0.39 is 0 Å². The highest BCUT2D eigenvalue weighted by Gasteiger charge is 2.20. The first-order valence-corrected chi connectivity index (χ1v) is 6.14. The molecular weight excluding hydrogens is 242 g/mol. The summed E-state index contributed by atoms with van der Waals surface area (Å²) in [5, 5.41) is 3.29. The summed E-state index contributed by atoms with van der Waals surface area (Å²) < 4.78 is 16.1. The number of hydrogen-bond acceptors (Lipinski definition) is 4. The molecule has 1 atom stereocenters. The summed E-state index contributed by atoms with van der Waals surface area (Å²) in [6.45, 7) is 1.95. The van der Waals surface area contributed by atoms with Crippen LogP contribution < -0.4 is 14.8 Å². The summed E-state index contributed by atoms with van der Waals surface area (Å²) in [4.78, 5) is 0. The Hall–Kier alpha value is -1.94. The Kier molecular flexibility index (Phi) is 4.12. The average Bonchev–Trinajstić information content (AvgIpc) is 2.86. The van der Waals surface area contributed by atoms with E-state index in [1.54, 1.807) is 20.5 Å². The first-order chi connectivity index (χ1) is 9.21. The van der Waals surface area contributed by atoms with Gasteiger partial charge in [-0.25, -0.2) is 0 Å². The Bertz CT molecular complexity index is 548. The topological polar surface area (TPSA) is 43.6 Å². The van der Waals surface area contributed by atoms with Crippen LogP contribution in [0.2, 0.25) is 0 Å². The fourth-order valence-corrected chi connectivity index (χ4v) is 2.24. The second-order valence-corrected chi connectivity index (χ2v) is 4.26. The number of furan rings is 1. The molecule has 1 N–H and O–H groups in total. The molecule has 0 saturated carbocycles. The summed E-state index contributed by atoms with van der Waals surface area (Å²) >= 11 is 0. The molecule has 2 aromatic rings. The van der Waals surface area contributed by atoms with E-state index in [1.807, 2.05) is 38.2 Å². The van der Waals surface area contributed by atoms with Crippen molar-refractivity contribution in [2.75, 3.05) is 21.3 Å². The molecular formula is C15H19NO3. The number of nitrogens with one attached hydrogen (secondary N) is 1. The van der Waals surface area contributed by atoms with Crippen LogP contribution in [0.1, 0.15) is 22.9 Å². The van der Waals surface area contributed by atoms with Crippen molar-refractivity contribution in [2.24, 2.45) is 0 Å². The first-order valence-electron chi connectivity index (χ1n) is 6.14. The van der Waals surface area contributed by atoms with Crippen LogP contribution in [0.25, 0.3) is 0 Å². The third-order valence-electron chi connectivity index (χ3n) is 3.25. The summed E-state index contributed by atoms with van der Waals surface area (Å²) in [6.07, 6.45) is 1.70. The first kappa shape index (κ1) is 13.5. The van der Waals surface area contributed by atoms with Crippen LogP contribution >= 0.6 is 0 Å². The lowest BCUT2D eigenvalue weighted by Crippen LogP contribution is -2.18. The fourth-order valence-electron chi connectivity index (χ4n) is 2.24. The van der Waals surface area contributed by atoms with Crippen LogP contribution in [0.5, 0.6) is 11.5 Å². The van der Waals surface area contributed by atoms with Crippen molar-refractivity contribution in [3.63, 3.8) is 0 Å². The molecule has 19 heavy (non-hydrogen) atoms. The Morgan fingerprint density at radius 3 is 2.42 bits per heavy atom. The quantitative estimate of drug-likeness (QED) is 0.898. The van der Waals surface area contributed by atoms with Gasteiger partial charge in [-0.05, 0) is 38.2 Å². The maximum Gasteiger partial charge on any atom is 0.124 e. The van der Waals surface area contributed by atoms with Crippen molar-refractivity contribution in [1.29, 1.82) is 0 Å². The third-order valence-corrected chi connectivity index (χ3v) is 3.25. The highest BCUT2D eigenvalue weighted by molar-refractivity contribution is 5.46. The van der Waals surface area contributed by atoms with E-state index in [4.69, 9.17) is 13.9 Å². The van der Waals surface area contributed by atoms with Crippen molar-refractivity contribution in [3.8, 4) is 11.5 Å². The minimum absolute atomic E-state index is 0.00352. The molecule has 0 aliphatic heterocycles. The van der Waals surface area contributed by atoms with E-state index in [1.165, 1.54) is 0 Å². The monoisotopic (exact) mass is 261 g/mol. The van der Waals surface area contributed by atoms with E-state index in [2.05, 4.69) is 5.32 Å². The molecule has 0 radical (unpaired) electrons. The van der Waals surface area contributed by atoms with Gasteiger partial charge in [-0.15, -0.1) is 0 Å². The molecule has 4 heteroatoms. The molecule has 1 aromatic heterocycles. The highest BCUT2D eigenvalue weighted by atomic mass is 16.5. The Morgan fingerprint density at radius 2 is 1.89 bits per heavy atom. The van der Waals surface area contributed by atoms with Gasteiger partial charge < -0.3 is 19.2 Å². The Morgan fingerprint density at radius 1 is 1.11 bits per heavy atom. The number of ether oxygens (including phenoxy) is 2. The lowest BCUT2D eigenvalue weighted by molar-refractivity contribution is 0.394. The van der Waals surface area contributed by atoms with E-state index in [0.29, 0.717) is 0 Å². The summed E-state index contributed by atoms with van der Waals surface area (Å²) in [6, 6.07) is 7.75. The van der Waals surface area contributed by atoms with Crippen LogP contribution in [0.3, 0.4) is 0 Å². The van der Waals surface area contributed by atoms with Gasteiger partial charge in [0.25, 0.3) is 0 Å². The smallest absolute Gasteiger partial charge is 0.124 e. The van der Waals surface area contributed by atoms with E-state index in [-0.39, 0.29) is 6.04 Å². The van der Waals surface area contributed by atoms with Crippen LogP contribution in [-0.4, -0.2) is 21.3 Å². The molecule has 102 valence electrons. The van der Waals surface area contributed by atoms with E-state index >= 15 is 0 Å². The summed E-state index contributed by atoms with van der Waals surface area (Å²) in [5.41, 5.74) is 2.11. The van der Waals surface area contributed by atoms with Crippen LogP contribution in [-0.2, 0) is 0 Å². The molecule has 0 bridgehead atoms. The second kappa shape index (κ2) is 5.80. The molecule has 0 amide bonds. The normalized spacial score (nSPS) is 12.2. The van der Waals surface area contributed by atoms with Gasteiger partial charge in [0, 0.05) is 11.1 Å². The lowest BCUT2D eigenvalue weighted by atomic mass is 9.98. The molecule has 0 fully saturated rings. The van der Waals surface area contributed by atoms with Crippen LogP contribution in [0, 0.1) is 6.92 Å². The molecule has 0 saturated heterocycles. The minimum Gasteiger partial charge on any atom is -0.497 e. The maximum atomic E-state index is 5.44. The van der Waals surface area contributed by atoms with Gasteiger partial charge in [-0.2, -0.15) is 0 Å². The second-order valence-electron chi connectivity index (χ2n) is 4.26. The Labute approximate surface area is 113 Å². The summed E-state index contributed by atoms with van der Waals surface area (Å²) in [5.74, 6) is 2.52. The lowest BCUT2D eigenvalue weighted by Gasteiger charge is -2.19. The zero-order valence-corrected chi connectivity index (χ0v) is 11.7. The van der Waals surface area contributed by atoms with Gasteiger partial charge in [-0.3, -0.25) is 0 Å². The zero-order chi connectivity index (χ0) is 13.8. The number of rotatable bonds is 5. The fraction of sp³-hybridized carbons (Fsp3) is 0.333. The molecule has 1 heterocycles. The number of hydrogen-bond donors (Lipinski definition) is 1. The molecule has 2 rings (SSSR count). The van der Waals surface area contributed by atoms with E-state index in [0.717, 1.165) is 28.4 Å². The SMILES string of the molecule is CNC(c1cc(OC)ccc1OC)c1ccoc1C. The molecule has 1 unspecified atom stereocenters. The van der Waals surface area contributed by atoms with Gasteiger partial charge in [0.2, 0.25) is 0 Å². The molecule has 1 aromatic carbocycles. The third kappa shape index (κ3) is 2.58. The Balaban J connectivity index is 2.51. The van der Waals surface area contributed by atoms with Crippen LogP contribution in [0.4, 0.5) is 0 Å². The van der Waals surface area contributed by atoms with Crippen molar-refractivity contribution in [3.05, 3.63) is 47.4 Å². The maximum absolute atomic E-state index is 5.44. The van der Waals surface area contributed by atoms with Crippen molar-refractivity contribution < 1.29 is 13.9 Å². The van der Waals surface area contributed by atoms with Crippen molar-refractivity contribution in [2.45, 2.75) is 13.0 Å². The van der Waals surface area contributed by atoms with Gasteiger partial charge in [-0.1, -0.05) is 0 Å². The molecule has 0 aliphatic carbocycles. The molecule has 0 aliphatic rings. The number of methoxy groups -OCH3 is 2. The van der Waals surface area contributed by atoms with Crippen molar-refractivity contribution >= 4 is 0 Å². The zero-order valence-electron chi connectivity index (χ0n) is 11.7. The van der Waals surface area contributed by atoms with Crippen molar-refractivity contribution in [1.82, 2.24) is 5.32 Å². The predicted molar refractivity (Wildman–Crippen MR) is 73.9 cm³/mol. The van der Waals surface area contributed by atoms with Gasteiger partial charge in [0.05, 0.1) is 26.5 Å². The largest absolute Gasteiger partial charge is 0.497 e. The number of aryl methyl sites for hydroxylation is 1. The predicted octanol–water partition coefficient (Wildman–Crippen LogP) is 2.91. The van der Waals surface area contributed by atoms with E-state index in [9.17, 15) is 0 Å². The van der Waals surface area contributed by atoms with Gasteiger partial charge in [0.1, 0.15) is 17.3 Å². The highest BCUT2D eigenvalue weighted by Crippen LogP contribution is 2.34. The minimum atomic E-state index is 0.00352. The van der Waals surface area contributed by atoms with Gasteiger partial charge >= 0.3 is 0 Å². The molecule has 0 spiro atoms. The standard InChI is InChI=1S/C15H19NO3/c1-10-12(7-8-19-10)15(16-2)13-9-11(17-3)5-6-14(13)18-4/h5-9,15-16H,1-4H3. The summed E-state index contributed by atoms with van der Waals surface area (Å²) in [7, 11) is 5.24. The molecule has 4 nitrogen and oxygen atoms in total. The van der Waals surface area contributed by atoms with Crippen LogP contribution in [0.15, 0.2) is 34.9 Å².